The molecule has 4 atom stereocenters. The van der Waals surface area contributed by atoms with Crippen LogP contribution in [0.2, 0.25) is 0 Å². The first-order chi connectivity index (χ1) is 14.1. The Hall–Kier alpha value is -2.21. The van der Waals surface area contributed by atoms with Gasteiger partial charge in [-0.2, -0.15) is 5.26 Å². The quantitative estimate of drug-likeness (QED) is 0.577. The highest BCUT2D eigenvalue weighted by molar-refractivity contribution is 5.84. The van der Waals surface area contributed by atoms with Crippen molar-refractivity contribution in [3.63, 3.8) is 0 Å². The summed E-state index contributed by atoms with van der Waals surface area (Å²) in [7, 11) is 0. The van der Waals surface area contributed by atoms with Crippen LogP contribution in [-0.2, 0) is 21.6 Å². The van der Waals surface area contributed by atoms with Crippen LogP contribution < -0.4 is 0 Å². The van der Waals surface area contributed by atoms with Gasteiger partial charge < -0.3 is 5.11 Å². The molecule has 2 aromatic rings. The number of aliphatic hydroxyl groups is 1. The summed E-state index contributed by atoms with van der Waals surface area (Å²) >= 11 is 0. The van der Waals surface area contributed by atoms with E-state index in [0.717, 1.165) is 38.0 Å². The first kappa shape index (κ1) is 20.1. The average molecular weight is 395 g/mol. The first-order valence-electron chi connectivity index (χ1n) is 10.5. The third-order valence-electron chi connectivity index (χ3n) is 6.89. The third kappa shape index (κ3) is 3.82. The molecule has 1 aliphatic heterocycles. The Kier molecular flexibility index (Phi) is 5.99. The van der Waals surface area contributed by atoms with Gasteiger partial charge in [-0.25, -0.2) is 4.79 Å². The Bertz CT molecular complexity index is 812. The Morgan fingerprint density at radius 1 is 1.00 bits per heavy atom. The number of carbonyl (C=O) groups is 1. The van der Waals surface area contributed by atoms with Crippen molar-refractivity contribution >= 4 is 5.97 Å². The summed E-state index contributed by atoms with van der Waals surface area (Å²) in [6.07, 6.45) is 2.43. The van der Waals surface area contributed by atoms with Gasteiger partial charge in [-0.3, -0.25) is 9.79 Å². The van der Waals surface area contributed by atoms with Gasteiger partial charge in [-0.15, -0.1) is 0 Å². The number of rotatable bonds is 6. The molecule has 4 rings (SSSR count). The summed E-state index contributed by atoms with van der Waals surface area (Å²) in [6, 6.07) is 20.0. The van der Waals surface area contributed by atoms with E-state index in [4.69, 9.17) is 0 Å². The SMILES string of the molecule is O=C(OO)[C@](c1ccccc1)(C1CCC(O)C1)[C@@H]1CCN(Cc2ccccc2)C1. The van der Waals surface area contributed by atoms with Crippen LogP contribution in [0.15, 0.2) is 60.7 Å². The fourth-order valence-corrected chi connectivity index (χ4v) is 5.61. The lowest BCUT2D eigenvalue weighted by Crippen LogP contribution is -2.50. The molecular weight excluding hydrogens is 366 g/mol. The molecule has 1 aliphatic carbocycles. The summed E-state index contributed by atoms with van der Waals surface area (Å²) in [6.45, 7) is 2.48. The van der Waals surface area contributed by atoms with E-state index in [1.54, 1.807) is 0 Å². The molecule has 0 bridgehead atoms. The van der Waals surface area contributed by atoms with Gasteiger partial charge in [-0.05, 0) is 55.2 Å². The number of nitrogens with zero attached hydrogens (tertiary/aromatic N) is 1. The van der Waals surface area contributed by atoms with Crippen LogP contribution in [0.1, 0.15) is 36.8 Å². The molecule has 2 fully saturated rings. The Balaban J connectivity index is 1.67. The first-order valence-corrected chi connectivity index (χ1v) is 10.5. The highest BCUT2D eigenvalue weighted by Gasteiger charge is 2.57. The van der Waals surface area contributed by atoms with E-state index in [0.29, 0.717) is 12.8 Å². The zero-order chi connectivity index (χ0) is 20.3. The van der Waals surface area contributed by atoms with Crippen molar-refractivity contribution in [1.82, 2.24) is 4.90 Å². The fourth-order valence-electron chi connectivity index (χ4n) is 5.61. The summed E-state index contributed by atoms with van der Waals surface area (Å²) in [5, 5.41) is 19.7. The van der Waals surface area contributed by atoms with E-state index in [2.05, 4.69) is 21.9 Å². The van der Waals surface area contributed by atoms with Crippen LogP contribution >= 0.6 is 0 Å². The monoisotopic (exact) mass is 395 g/mol. The molecule has 29 heavy (non-hydrogen) atoms. The van der Waals surface area contributed by atoms with E-state index < -0.39 is 17.5 Å². The molecule has 0 spiro atoms. The minimum absolute atomic E-state index is 0.0172. The van der Waals surface area contributed by atoms with E-state index in [-0.39, 0.29) is 11.8 Å². The Labute approximate surface area is 171 Å². The lowest BCUT2D eigenvalue weighted by molar-refractivity contribution is -0.245. The molecule has 2 aliphatic rings. The van der Waals surface area contributed by atoms with E-state index >= 15 is 0 Å². The predicted molar refractivity (Wildman–Crippen MR) is 110 cm³/mol. The zero-order valence-electron chi connectivity index (χ0n) is 16.6. The van der Waals surface area contributed by atoms with Gasteiger partial charge in [-0.1, -0.05) is 60.7 Å². The summed E-state index contributed by atoms with van der Waals surface area (Å²) in [4.78, 5) is 20.0. The average Bonchev–Trinajstić information content (AvgIpc) is 3.40. The summed E-state index contributed by atoms with van der Waals surface area (Å²) < 4.78 is 0. The molecule has 2 unspecified atom stereocenters. The second-order valence-electron chi connectivity index (χ2n) is 8.48. The molecule has 1 heterocycles. The van der Waals surface area contributed by atoms with E-state index in [1.165, 1.54) is 5.56 Å². The summed E-state index contributed by atoms with van der Waals surface area (Å²) in [5.74, 6) is -0.626. The minimum atomic E-state index is -0.946. The highest BCUT2D eigenvalue weighted by Crippen LogP contribution is 2.50. The van der Waals surface area contributed by atoms with Crippen molar-refractivity contribution in [3.8, 4) is 0 Å². The second-order valence-corrected chi connectivity index (χ2v) is 8.48. The maximum Gasteiger partial charge on any atom is 0.353 e. The lowest BCUT2D eigenvalue weighted by Gasteiger charge is -2.41. The van der Waals surface area contributed by atoms with Crippen molar-refractivity contribution in [3.05, 3.63) is 71.8 Å². The van der Waals surface area contributed by atoms with Crippen LogP contribution in [0.25, 0.3) is 0 Å². The van der Waals surface area contributed by atoms with Crippen LogP contribution in [0.4, 0.5) is 0 Å². The number of benzene rings is 2. The number of likely N-dealkylation sites (tertiary alicyclic amines) is 1. The highest BCUT2D eigenvalue weighted by atomic mass is 17.1. The second kappa shape index (κ2) is 8.66. The number of hydrogen-bond acceptors (Lipinski definition) is 5. The maximum atomic E-state index is 13.2. The van der Waals surface area contributed by atoms with Crippen molar-refractivity contribution in [2.45, 2.75) is 43.7 Å². The van der Waals surface area contributed by atoms with Crippen LogP contribution in [0.3, 0.4) is 0 Å². The van der Waals surface area contributed by atoms with E-state index in [9.17, 15) is 15.2 Å². The largest absolute Gasteiger partial charge is 0.393 e. The van der Waals surface area contributed by atoms with Gasteiger partial charge in [0, 0.05) is 13.1 Å². The van der Waals surface area contributed by atoms with Crippen molar-refractivity contribution < 1.29 is 20.0 Å². The van der Waals surface area contributed by atoms with Crippen molar-refractivity contribution in [1.29, 1.82) is 0 Å². The Morgan fingerprint density at radius 2 is 1.69 bits per heavy atom. The zero-order valence-corrected chi connectivity index (χ0v) is 16.6. The molecular formula is C24H29NO4. The molecule has 0 aromatic heterocycles. The van der Waals surface area contributed by atoms with Crippen LogP contribution in [0, 0.1) is 11.8 Å². The fraction of sp³-hybridized carbons (Fsp3) is 0.458. The van der Waals surface area contributed by atoms with Gasteiger partial charge in [0.25, 0.3) is 0 Å². The molecule has 5 heteroatoms. The van der Waals surface area contributed by atoms with Gasteiger partial charge in [0.05, 0.1) is 6.10 Å². The van der Waals surface area contributed by atoms with Crippen molar-refractivity contribution in [2.24, 2.45) is 11.8 Å². The molecule has 0 radical (unpaired) electrons. The van der Waals surface area contributed by atoms with Gasteiger partial charge in [0.2, 0.25) is 0 Å². The van der Waals surface area contributed by atoms with Crippen molar-refractivity contribution in [2.75, 3.05) is 13.1 Å². The maximum absolute atomic E-state index is 13.2. The van der Waals surface area contributed by atoms with Crippen LogP contribution in [-0.4, -0.2) is 40.4 Å². The molecule has 2 N–H and O–H groups in total. The number of hydrogen-bond donors (Lipinski definition) is 2. The minimum Gasteiger partial charge on any atom is -0.393 e. The van der Waals surface area contributed by atoms with Gasteiger partial charge in [0.15, 0.2) is 0 Å². The van der Waals surface area contributed by atoms with E-state index in [1.807, 2.05) is 48.5 Å². The smallest absolute Gasteiger partial charge is 0.353 e. The summed E-state index contributed by atoms with van der Waals surface area (Å²) in [5.41, 5.74) is 1.18. The number of carbonyl (C=O) groups excluding carboxylic acids is 1. The molecule has 154 valence electrons. The standard InChI is InChI=1S/C24H29NO4/c26-22-12-11-20(15-22)24(23(27)29-28,19-9-5-2-6-10-19)21-13-14-25(17-21)16-18-7-3-1-4-8-18/h1-10,20-22,26,28H,11-17H2/t20?,21-,22?,24-/m1/s1. The lowest BCUT2D eigenvalue weighted by atomic mass is 9.61. The van der Waals surface area contributed by atoms with Gasteiger partial charge in [0.1, 0.15) is 5.41 Å². The molecule has 2 aromatic carbocycles. The van der Waals surface area contributed by atoms with Crippen LogP contribution in [0.5, 0.6) is 0 Å². The molecule has 1 saturated heterocycles. The Morgan fingerprint density at radius 3 is 2.31 bits per heavy atom. The number of aliphatic hydroxyl groups excluding tert-OH is 1. The predicted octanol–water partition coefficient (Wildman–Crippen LogP) is 3.62. The van der Waals surface area contributed by atoms with Gasteiger partial charge >= 0.3 is 5.97 Å². The molecule has 0 amide bonds. The topological polar surface area (TPSA) is 70.0 Å². The molecule has 1 saturated carbocycles. The molecule has 5 nitrogen and oxygen atoms in total. The normalized spacial score (nSPS) is 26.9. The third-order valence-corrected chi connectivity index (χ3v) is 6.89.